The van der Waals surface area contributed by atoms with Gasteiger partial charge in [-0.3, -0.25) is 4.90 Å². The van der Waals surface area contributed by atoms with Gasteiger partial charge in [-0.25, -0.2) is 9.59 Å². The number of methoxy groups -OCH3 is 1. The highest BCUT2D eigenvalue weighted by molar-refractivity contribution is 9.10. The summed E-state index contributed by atoms with van der Waals surface area (Å²) in [6, 6.07) is 12.2. The van der Waals surface area contributed by atoms with Crippen molar-refractivity contribution in [2.45, 2.75) is 13.0 Å². The highest BCUT2D eigenvalue weighted by Crippen LogP contribution is 2.36. The van der Waals surface area contributed by atoms with Crippen LogP contribution in [0.4, 0.5) is 0 Å². The van der Waals surface area contributed by atoms with Crippen LogP contribution in [0.1, 0.15) is 12.0 Å². The van der Waals surface area contributed by atoms with E-state index in [1.54, 1.807) is 19.2 Å². The Morgan fingerprint density at radius 1 is 1.06 bits per heavy atom. The molecule has 164 valence electrons. The molecule has 0 aliphatic carbocycles. The molecule has 8 heteroatoms. The highest BCUT2D eigenvalue weighted by atomic mass is 79.9. The molecular formula is C24H20BrNO6. The van der Waals surface area contributed by atoms with Crippen LogP contribution in [0.15, 0.2) is 65.4 Å². The van der Waals surface area contributed by atoms with Crippen LogP contribution in [0.5, 0.6) is 5.75 Å². The Balaban J connectivity index is 1.66. The number of halogens is 1. The van der Waals surface area contributed by atoms with Gasteiger partial charge in [-0.1, -0.05) is 15.9 Å². The van der Waals surface area contributed by atoms with E-state index in [0.717, 1.165) is 28.4 Å². The third kappa shape index (κ3) is 3.85. The largest absolute Gasteiger partial charge is 0.478 e. The minimum absolute atomic E-state index is 0.308. The lowest BCUT2D eigenvalue weighted by molar-refractivity contribution is 0.0837. The topological polar surface area (TPSA) is 82.1 Å². The van der Waals surface area contributed by atoms with Crippen LogP contribution in [0.3, 0.4) is 0 Å². The summed E-state index contributed by atoms with van der Waals surface area (Å²) in [6.45, 7) is 2.47. The van der Waals surface area contributed by atoms with Crippen molar-refractivity contribution < 1.29 is 18.3 Å². The Hall–Kier alpha value is -2.94. The van der Waals surface area contributed by atoms with Crippen LogP contribution >= 0.6 is 15.9 Å². The molecule has 1 aliphatic heterocycles. The van der Waals surface area contributed by atoms with Gasteiger partial charge < -0.3 is 18.3 Å². The van der Waals surface area contributed by atoms with E-state index in [2.05, 4.69) is 20.8 Å². The summed E-state index contributed by atoms with van der Waals surface area (Å²) in [4.78, 5) is 27.4. The predicted molar refractivity (Wildman–Crippen MR) is 124 cm³/mol. The first-order valence-corrected chi connectivity index (χ1v) is 11.0. The summed E-state index contributed by atoms with van der Waals surface area (Å²) in [5.74, 6) is 0.676. The molecule has 0 amide bonds. The van der Waals surface area contributed by atoms with Gasteiger partial charge in [0.25, 0.3) is 0 Å². The molecule has 32 heavy (non-hydrogen) atoms. The van der Waals surface area contributed by atoms with Crippen molar-refractivity contribution in [2.75, 3.05) is 27.0 Å². The van der Waals surface area contributed by atoms with Crippen molar-refractivity contribution in [3.63, 3.8) is 0 Å². The van der Waals surface area contributed by atoms with Gasteiger partial charge in [-0.05, 0) is 42.8 Å². The van der Waals surface area contributed by atoms with Crippen LogP contribution in [0, 0.1) is 0 Å². The average Bonchev–Trinajstić information content (AvgIpc) is 2.78. The number of hydrogen-bond donors (Lipinski definition) is 0. The first-order valence-electron chi connectivity index (χ1n) is 10.2. The first kappa shape index (κ1) is 20.9. The van der Waals surface area contributed by atoms with Gasteiger partial charge in [-0.2, -0.15) is 0 Å². The Labute approximate surface area is 191 Å². The number of benzene rings is 2. The van der Waals surface area contributed by atoms with Crippen LogP contribution in [0.25, 0.3) is 33.1 Å². The van der Waals surface area contributed by atoms with E-state index in [1.807, 2.05) is 24.3 Å². The van der Waals surface area contributed by atoms with Gasteiger partial charge in [0, 0.05) is 53.7 Å². The standard InChI is InChI=1S/C24H20BrNO6/c1-29-8-2-7-26-12-19-21(30-13-26)6-4-16-17(11-22(27)32-23(16)19)18-10-14-9-15(25)3-5-20(14)31-24(18)28/h3-6,9-11H,2,7-8,12-13H2,1H3. The summed E-state index contributed by atoms with van der Waals surface area (Å²) in [7, 11) is 1.67. The van der Waals surface area contributed by atoms with E-state index in [4.69, 9.17) is 18.3 Å². The SMILES string of the molecule is COCCCN1COc2ccc3c(-c4cc5cc(Br)ccc5oc4=O)cc(=O)oc3c2C1. The Morgan fingerprint density at radius 3 is 2.78 bits per heavy atom. The van der Waals surface area contributed by atoms with Crippen molar-refractivity contribution in [3.05, 3.63) is 73.3 Å². The highest BCUT2D eigenvalue weighted by Gasteiger charge is 2.23. The number of nitrogens with zero attached hydrogens (tertiary/aromatic N) is 1. The molecule has 5 rings (SSSR count). The van der Waals surface area contributed by atoms with Gasteiger partial charge in [-0.15, -0.1) is 0 Å². The Kier molecular flexibility index (Phi) is 5.58. The molecule has 7 nitrogen and oxygen atoms in total. The Morgan fingerprint density at radius 2 is 1.94 bits per heavy atom. The lowest BCUT2D eigenvalue weighted by Crippen LogP contribution is -2.33. The van der Waals surface area contributed by atoms with Crippen molar-refractivity contribution in [1.29, 1.82) is 0 Å². The minimum Gasteiger partial charge on any atom is -0.478 e. The van der Waals surface area contributed by atoms with Gasteiger partial charge in [0.1, 0.15) is 23.6 Å². The fourth-order valence-electron chi connectivity index (χ4n) is 4.06. The zero-order chi connectivity index (χ0) is 22.2. The summed E-state index contributed by atoms with van der Waals surface area (Å²) < 4.78 is 23.0. The van der Waals surface area contributed by atoms with E-state index >= 15 is 0 Å². The molecule has 0 unspecified atom stereocenters. The monoisotopic (exact) mass is 497 g/mol. The number of ether oxygens (including phenoxy) is 2. The van der Waals surface area contributed by atoms with Gasteiger partial charge >= 0.3 is 11.3 Å². The van der Waals surface area contributed by atoms with Gasteiger partial charge in [0.2, 0.25) is 0 Å². The fourth-order valence-corrected chi connectivity index (χ4v) is 4.44. The molecule has 3 heterocycles. The van der Waals surface area contributed by atoms with Gasteiger partial charge in [0.05, 0.1) is 11.1 Å². The molecule has 1 aliphatic rings. The molecule has 0 radical (unpaired) electrons. The minimum atomic E-state index is -0.536. The molecule has 4 aromatic rings. The van der Waals surface area contributed by atoms with Crippen LogP contribution < -0.4 is 16.0 Å². The predicted octanol–water partition coefficient (Wildman–Crippen LogP) is 4.52. The number of rotatable bonds is 5. The molecule has 0 spiro atoms. The van der Waals surface area contributed by atoms with Crippen LogP contribution in [-0.4, -0.2) is 31.9 Å². The maximum absolute atomic E-state index is 12.8. The lowest BCUT2D eigenvalue weighted by Gasteiger charge is -2.29. The third-order valence-electron chi connectivity index (χ3n) is 5.56. The second kappa shape index (κ2) is 8.54. The lowest BCUT2D eigenvalue weighted by atomic mass is 9.99. The van der Waals surface area contributed by atoms with E-state index in [9.17, 15) is 9.59 Å². The van der Waals surface area contributed by atoms with Crippen molar-refractivity contribution in [2.24, 2.45) is 0 Å². The van der Waals surface area contributed by atoms with Crippen molar-refractivity contribution in [1.82, 2.24) is 4.90 Å². The molecule has 0 atom stereocenters. The van der Waals surface area contributed by atoms with E-state index in [-0.39, 0.29) is 0 Å². The molecule has 0 N–H and O–H groups in total. The zero-order valence-corrected chi connectivity index (χ0v) is 18.9. The molecule has 0 bridgehead atoms. The fraction of sp³-hybridized carbons (Fsp3) is 0.250. The quantitative estimate of drug-likeness (QED) is 0.296. The van der Waals surface area contributed by atoms with E-state index in [1.165, 1.54) is 6.07 Å². The summed E-state index contributed by atoms with van der Waals surface area (Å²) >= 11 is 3.44. The smallest absolute Gasteiger partial charge is 0.344 e. The van der Waals surface area contributed by atoms with E-state index < -0.39 is 11.3 Å². The molecule has 2 aromatic carbocycles. The maximum Gasteiger partial charge on any atom is 0.344 e. The molecular weight excluding hydrogens is 478 g/mol. The molecule has 0 saturated heterocycles. The van der Waals surface area contributed by atoms with E-state index in [0.29, 0.717) is 53.3 Å². The molecule has 0 fully saturated rings. The molecule has 2 aromatic heterocycles. The molecule has 0 saturated carbocycles. The maximum atomic E-state index is 12.8. The summed E-state index contributed by atoms with van der Waals surface area (Å²) in [6.07, 6.45) is 0.864. The van der Waals surface area contributed by atoms with Crippen LogP contribution in [0.2, 0.25) is 0 Å². The number of hydrogen-bond acceptors (Lipinski definition) is 7. The third-order valence-corrected chi connectivity index (χ3v) is 6.06. The average molecular weight is 498 g/mol. The summed E-state index contributed by atoms with van der Waals surface area (Å²) in [5, 5.41) is 1.41. The van der Waals surface area contributed by atoms with Crippen molar-refractivity contribution in [3.8, 4) is 16.9 Å². The van der Waals surface area contributed by atoms with Crippen LogP contribution in [-0.2, 0) is 11.3 Å². The Bertz CT molecular complexity index is 1440. The second-order valence-electron chi connectivity index (χ2n) is 7.70. The van der Waals surface area contributed by atoms with Gasteiger partial charge in [0.15, 0.2) is 0 Å². The number of fused-ring (bicyclic) bond motifs is 4. The van der Waals surface area contributed by atoms with Crippen molar-refractivity contribution >= 4 is 37.9 Å². The zero-order valence-electron chi connectivity index (χ0n) is 17.4. The summed E-state index contributed by atoms with van der Waals surface area (Å²) in [5.41, 5.74) is 1.43. The first-order chi connectivity index (χ1) is 15.5. The second-order valence-corrected chi connectivity index (χ2v) is 8.62. The normalized spacial score (nSPS) is 13.9.